The Hall–Kier alpha value is -1.62. The van der Waals surface area contributed by atoms with Crippen molar-refractivity contribution < 1.29 is 4.79 Å². The molecule has 4 nitrogen and oxygen atoms in total. The van der Waals surface area contributed by atoms with Crippen LogP contribution in [0.3, 0.4) is 0 Å². The monoisotopic (exact) mass is 383 g/mol. The Morgan fingerprint density at radius 1 is 1.12 bits per heavy atom. The Morgan fingerprint density at radius 2 is 1.84 bits per heavy atom. The zero-order valence-electron chi connectivity index (χ0n) is 14.9. The lowest BCUT2D eigenvalue weighted by Crippen LogP contribution is -2.41. The Kier molecular flexibility index (Phi) is 10.4. The Bertz CT molecular complexity index is 650. The molecule has 0 aliphatic heterocycles. The maximum absolute atomic E-state index is 12.8. The van der Waals surface area contributed by atoms with Crippen LogP contribution in [0.1, 0.15) is 30.7 Å². The summed E-state index contributed by atoms with van der Waals surface area (Å²) >= 11 is 0. The molecule has 0 radical (unpaired) electrons. The van der Waals surface area contributed by atoms with Crippen molar-refractivity contribution in [2.24, 2.45) is 11.7 Å². The van der Waals surface area contributed by atoms with Gasteiger partial charge in [-0.1, -0.05) is 42.8 Å². The fourth-order valence-electron chi connectivity index (χ4n) is 2.44. The number of carbonyl (C=O) groups is 1. The standard InChI is InChI=1S/C19H25N3O.2ClH/c1-14-7-6-8-17(11-14)12-22(19(23)15(2)16(3)20)13-18-9-4-5-10-21-18;;/h4-11,15-16H,12-13,20H2,1-3H3;2*1H. The van der Waals surface area contributed by atoms with Crippen molar-refractivity contribution in [2.45, 2.75) is 39.9 Å². The molecule has 138 valence electrons. The second-order valence-electron chi connectivity index (χ2n) is 6.15. The van der Waals surface area contributed by atoms with E-state index in [0.29, 0.717) is 13.1 Å². The summed E-state index contributed by atoms with van der Waals surface area (Å²) in [6.07, 6.45) is 1.75. The second-order valence-corrected chi connectivity index (χ2v) is 6.15. The molecule has 2 unspecified atom stereocenters. The van der Waals surface area contributed by atoms with E-state index in [1.807, 2.05) is 49.1 Å². The summed E-state index contributed by atoms with van der Waals surface area (Å²) in [5, 5.41) is 0. The maximum atomic E-state index is 12.8. The molecule has 1 aromatic heterocycles. The predicted molar refractivity (Wildman–Crippen MR) is 107 cm³/mol. The van der Waals surface area contributed by atoms with Gasteiger partial charge in [-0.25, -0.2) is 0 Å². The SMILES string of the molecule is Cc1cccc(CN(Cc2ccccn2)C(=O)C(C)C(C)N)c1.Cl.Cl. The molecule has 0 bridgehead atoms. The number of hydrogen-bond acceptors (Lipinski definition) is 3. The molecule has 0 saturated carbocycles. The minimum absolute atomic E-state index is 0. The normalized spacial score (nSPS) is 12.3. The van der Waals surface area contributed by atoms with Gasteiger partial charge < -0.3 is 10.6 Å². The lowest BCUT2D eigenvalue weighted by molar-refractivity contribution is -0.136. The second kappa shape index (κ2) is 11.1. The average molecular weight is 384 g/mol. The quantitative estimate of drug-likeness (QED) is 0.825. The third-order valence-corrected chi connectivity index (χ3v) is 4.02. The van der Waals surface area contributed by atoms with Gasteiger partial charge in [-0.2, -0.15) is 0 Å². The van der Waals surface area contributed by atoms with Crippen molar-refractivity contribution in [3.8, 4) is 0 Å². The van der Waals surface area contributed by atoms with Crippen molar-refractivity contribution in [3.63, 3.8) is 0 Å². The zero-order chi connectivity index (χ0) is 16.8. The van der Waals surface area contributed by atoms with Crippen LogP contribution in [-0.4, -0.2) is 21.8 Å². The summed E-state index contributed by atoms with van der Waals surface area (Å²) < 4.78 is 0. The molecule has 1 heterocycles. The Balaban J connectivity index is 0.00000288. The van der Waals surface area contributed by atoms with Crippen LogP contribution in [0.5, 0.6) is 0 Å². The van der Waals surface area contributed by atoms with E-state index in [4.69, 9.17) is 5.73 Å². The van der Waals surface area contributed by atoms with Crippen LogP contribution in [0.25, 0.3) is 0 Å². The van der Waals surface area contributed by atoms with Crippen LogP contribution in [-0.2, 0) is 17.9 Å². The topological polar surface area (TPSA) is 59.2 Å². The lowest BCUT2D eigenvalue weighted by atomic mass is 10.0. The molecule has 2 aromatic rings. The first-order chi connectivity index (χ1) is 11.0. The third kappa shape index (κ3) is 7.02. The number of aromatic nitrogens is 1. The van der Waals surface area contributed by atoms with Gasteiger partial charge in [0.15, 0.2) is 0 Å². The number of benzene rings is 1. The molecule has 2 N–H and O–H groups in total. The van der Waals surface area contributed by atoms with Gasteiger partial charge in [0.05, 0.1) is 18.2 Å². The van der Waals surface area contributed by atoms with Crippen LogP contribution < -0.4 is 5.73 Å². The number of hydrogen-bond donors (Lipinski definition) is 1. The van der Waals surface area contributed by atoms with Gasteiger partial charge in [0.25, 0.3) is 0 Å². The first-order valence-electron chi connectivity index (χ1n) is 7.97. The van der Waals surface area contributed by atoms with Gasteiger partial charge in [-0.15, -0.1) is 24.8 Å². The number of halogens is 2. The van der Waals surface area contributed by atoms with E-state index >= 15 is 0 Å². The Morgan fingerprint density at radius 3 is 2.40 bits per heavy atom. The summed E-state index contributed by atoms with van der Waals surface area (Å²) in [5.74, 6) is -0.157. The van der Waals surface area contributed by atoms with Crippen LogP contribution in [0.2, 0.25) is 0 Å². The summed E-state index contributed by atoms with van der Waals surface area (Å²) in [5.41, 5.74) is 9.11. The highest BCUT2D eigenvalue weighted by molar-refractivity contribution is 5.85. The summed E-state index contributed by atoms with van der Waals surface area (Å²) in [6.45, 7) is 6.86. The number of amides is 1. The van der Waals surface area contributed by atoms with Gasteiger partial charge in [0.2, 0.25) is 5.91 Å². The average Bonchev–Trinajstić information content (AvgIpc) is 2.54. The van der Waals surface area contributed by atoms with Crippen molar-refractivity contribution in [3.05, 3.63) is 65.5 Å². The Labute approximate surface area is 162 Å². The van der Waals surface area contributed by atoms with E-state index in [-0.39, 0.29) is 42.7 Å². The van der Waals surface area contributed by atoms with Crippen molar-refractivity contribution in [2.75, 3.05) is 0 Å². The molecule has 2 rings (SSSR count). The molecule has 0 spiro atoms. The van der Waals surface area contributed by atoms with Crippen LogP contribution in [0.4, 0.5) is 0 Å². The minimum atomic E-state index is -0.219. The van der Waals surface area contributed by atoms with Crippen LogP contribution >= 0.6 is 24.8 Å². The number of rotatable bonds is 6. The molecule has 0 saturated heterocycles. The highest BCUT2D eigenvalue weighted by Crippen LogP contribution is 2.15. The number of nitrogens with two attached hydrogens (primary N) is 1. The van der Waals surface area contributed by atoms with E-state index in [1.165, 1.54) is 5.56 Å². The highest BCUT2D eigenvalue weighted by Gasteiger charge is 2.24. The molecular weight excluding hydrogens is 357 g/mol. The van der Waals surface area contributed by atoms with E-state index in [0.717, 1.165) is 11.3 Å². The zero-order valence-corrected chi connectivity index (χ0v) is 16.5. The largest absolute Gasteiger partial charge is 0.332 e. The van der Waals surface area contributed by atoms with Gasteiger partial charge >= 0.3 is 0 Å². The molecule has 25 heavy (non-hydrogen) atoms. The first-order valence-corrected chi connectivity index (χ1v) is 7.97. The number of pyridine rings is 1. The van der Waals surface area contributed by atoms with E-state index < -0.39 is 0 Å². The van der Waals surface area contributed by atoms with Gasteiger partial charge in [-0.3, -0.25) is 9.78 Å². The molecule has 2 atom stereocenters. The molecule has 0 fully saturated rings. The van der Waals surface area contributed by atoms with Crippen molar-refractivity contribution in [1.82, 2.24) is 9.88 Å². The van der Waals surface area contributed by atoms with E-state index in [2.05, 4.69) is 24.0 Å². The molecule has 1 amide bonds. The van der Waals surface area contributed by atoms with E-state index in [9.17, 15) is 4.79 Å². The summed E-state index contributed by atoms with van der Waals surface area (Å²) in [6, 6.07) is 13.8. The molecular formula is C19H27Cl2N3O. The number of aryl methyl sites for hydroxylation is 1. The molecule has 1 aromatic carbocycles. The molecule has 0 aliphatic rings. The number of carbonyl (C=O) groups excluding carboxylic acids is 1. The fraction of sp³-hybridized carbons (Fsp3) is 0.368. The maximum Gasteiger partial charge on any atom is 0.227 e. The summed E-state index contributed by atoms with van der Waals surface area (Å²) in [7, 11) is 0. The number of nitrogens with zero attached hydrogens (tertiary/aromatic N) is 2. The highest BCUT2D eigenvalue weighted by atomic mass is 35.5. The molecule has 0 aliphatic carbocycles. The van der Waals surface area contributed by atoms with Crippen LogP contribution in [0.15, 0.2) is 48.7 Å². The predicted octanol–water partition coefficient (Wildman–Crippen LogP) is 3.75. The van der Waals surface area contributed by atoms with Crippen molar-refractivity contribution in [1.29, 1.82) is 0 Å². The minimum Gasteiger partial charge on any atom is -0.332 e. The fourth-order valence-corrected chi connectivity index (χ4v) is 2.44. The summed E-state index contributed by atoms with van der Waals surface area (Å²) in [4.78, 5) is 19.0. The first kappa shape index (κ1) is 23.4. The van der Waals surface area contributed by atoms with Gasteiger partial charge in [0.1, 0.15) is 0 Å². The third-order valence-electron chi connectivity index (χ3n) is 4.02. The van der Waals surface area contributed by atoms with E-state index in [1.54, 1.807) is 6.20 Å². The van der Waals surface area contributed by atoms with Gasteiger partial charge in [0, 0.05) is 18.8 Å². The lowest BCUT2D eigenvalue weighted by Gasteiger charge is -2.27. The van der Waals surface area contributed by atoms with Gasteiger partial charge in [-0.05, 0) is 31.5 Å². The van der Waals surface area contributed by atoms with Crippen LogP contribution in [0, 0.1) is 12.8 Å². The smallest absolute Gasteiger partial charge is 0.227 e. The van der Waals surface area contributed by atoms with Crippen molar-refractivity contribution >= 4 is 30.7 Å². The molecule has 6 heteroatoms.